The lowest BCUT2D eigenvalue weighted by molar-refractivity contribution is -0.222. The van der Waals surface area contributed by atoms with Crippen molar-refractivity contribution in [2.45, 2.75) is 117 Å². The van der Waals surface area contributed by atoms with E-state index < -0.39 is 55.6 Å². The van der Waals surface area contributed by atoms with E-state index >= 15 is 0 Å². The molecule has 0 aliphatic carbocycles. The molecule has 0 spiro atoms. The Kier molecular flexibility index (Phi) is 22.4. The van der Waals surface area contributed by atoms with E-state index in [4.69, 9.17) is 0 Å². The van der Waals surface area contributed by atoms with Crippen LogP contribution in [0.25, 0.3) is 0 Å². The molecule has 1 fully saturated rings. The highest BCUT2D eigenvalue weighted by molar-refractivity contribution is 7.45. The molecule has 5 atom stereocenters. The van der Waals surface area contributed by atoms with E-state index in [2.05, 4.69) is 49.5 Å². The number of benzene rings is 1. The van der Waals surface area contributed by atoms with Gasteiger partial charge in [-0.2, -0.15) is 0 Å². The van der Waals surface area contributed by atoms with Crippen molar-refractivity contribution in [2.75, 3.05) is 33.4 Å². The quantitative estimate of drug-likeness (QED) is 0.0900. The first-order chi connectivity index (χ1) is 25.1. The van der Waals surface area contributed by atoms with Gasteiger partial charge in [0.2, 0.25) is 35.4 Å². The second kappa shape index (κ2) is 25.2. The number of phosphoric acid groups is 1. The van der Waals surface area contributed by atoms with Crippen LogP contribution in [0.1, 0.15) is 92.1 Å². The number of carbonyl (C=O) groups is 6. The number of nitrogens with one attached hydrogen (secondary N) is 5. The van der Waals surface area contributed by atoms with Gasteiger partial charge in [0.25, 0.3) is 7.82 Å². The zero-order valence-electron chi connectivity index (χ0n) is 32.2. The molecule has 2 rings (SSSR count). The summed E-state index contributed by atoms with van der Waals surface area (Å²) in [6, 6.07) is 5.35. The van der Waals surface area contributed by atoms with Gasteiger partial charge in [-0.1, -0.05) is 71.4 Å². The summed E-state index contributed by atoms with van der Waals surface area (Å²) in [5, 5.41) is 13.4. The van der Waals surface area contributed by atoms with Crippen molar-refractivity contribution in [1.29, 1.82) is 0 Å². The fraction of sp³-hybridized carbons (Fsp3) is 0.667. The molecule has 53 heavy (non-hydrogen) atoms. The van der Waals surface area contributed by atoms with Gasteiger partial charge in [0.15, 0.2) is 0 Å². The molecule has 0 saturated carbocycles. The van der Waals surface area contributed by atoms with Crippen LogP contribution >= 0.6 is 7.82 Å². The Bertz CT molecular complexity index is 1370. The predicted molar refractivity (Wildman–Crippen MR) is 198 cm³/mol. The summed E-state index contributed by atoms with van der Waals surface area (Å²) in [6.45, 7) is 11.6. The van der Waals surface area contributed by atoms with Gasteiger partial charge in [0.05, 0.1) is 6.61 Å². The molecule has 1 aliphatic rings. The Morgan fingerprint density at radius 3 is 2.15 bits per heavy atom. The average molecular weight is 768 g/mol. The van der Waals surface area contributed by atoms with Crippen molar-refractivity contribution in [2.24, 2.45) is 5.92 Å². The number of likely N-dealkylation sites (tertiary alicyclic amines) is 1. The summed E-state index contributed by atoms with van der Waals surface area (Å²) in [4.78, 5) is 90.3. The molecule has 1 heterocycles. The van der Waals surface area contributed by atoms with Crippen molar-refractivity contribution < 1.29 is 47.3 Å². The van der Waals surface area contributed by atoms with Gasteiger partial charge in [-0.15, -0.1) is 0 Å². The summed E-state index contributed by atoms with van der Waals surface area (Å²) < 4.78 is 19.8. The van der Waals surface area contributed by atoms with Gasteiger partial charge in [-0.25, -0.2) is 0 Å². The molecule has 1 saturated heterocycles. The monoisotopic (exact) mass is 767 g/mol. The van der Waals surface area contributed by atoms with Crippen molar-refractivity contribution in [3.8, 4) is 0 Å². The van der Waals surface area contributed by atoms with Gasteiger partial charge in [0.1, 0.15) is 24.2 Å². The molecule has 5 N–H and O–H groups in total. The minimum absolute atomic E-state index is 0.0215. The van der Waals surface area contributed by atoms with Crippen LogP contribution < -0.4 is 31.5 Å². The molecular weight excluding hydrogens is 707 g/mol. The zero-order chi connectivity index (χ0) is 40.0. The van der Waals surface area contributed by atoms with Gasteiger partial charge in [-0.05, 0) is 44.1 Å². The molecule has 0 aromatic heterocycles. The van der Waals surface area contributed by atoms with Crippen LogP contribution in [0.4, 0.5) is 0 Å². The van der Waals surface area contributed by atoms with E-state index in [1.807, 2.05) is 19.9 Å². The third kappa shape index (κ3) is 18.7. The molecule has 17 heteroatoms. The number of hydrogen-bond acceptors (Lipinski definition) is 10. The standard InChI is InChI=1S/C33H53N6O10P.C3H8/c1-6-29(41)39-18-11-14-27(39)33(45)38-25(20-22(2)3)32(44)37-26(21-24-12-8-7-9-13-24)31(43)36-23(4)30(42)35-16-10-15-28(40)34-17-19-49-50(46,47)48-5;1-3-2/h7-9,12-13,22-23,25-27H,6,10-11,14-21H2,1-5H3,(H,34,40)(H,35,42)(H,36,43)(H,37,44)(H,38,45)(H,46,47);3H2,1-2H3/p-1/t23-,25-,26-,27-;/m0./s1. The Morgan fingerprint density at radius 1 is 0.906 bits per heavy atom. The highest BCUT2D eigenvalue weighted by Crippen LogP contribution is 2.36. The lowest BCUT2D eigenvalue weighted by atomic mass is 10.0. The highest BCUT2D eigenvalue weighted by atomic mass is 31.2. The van der Waals surface area contributed by atoms with Crippen molar-refractivity contribution in [3.05, 3.63) is 35.9 Å². The lowest BCUT2D eigenvalue weighted by Crippen LogP contribution is -2.58. The molecular formula is C36H60N6O10P-. The van der Waals surface area contributed by atoms with Crippen LogP contribution in [-0.4, -0.2) is 97.9 Å². The first-order valence-corrected chi connectivity index (χ1v) is 19.8. The third-order valence-electron chi connectivity index (χ3n) is 7.96. The van der Waals surface area contributed by atoms with Crippen LogP contribution in [0.15, 0.2) is 30.3 Å². The van der Waals surface area contributed by atoms with E-state index in [1.54, 1.807) is 36.1 Å². The predicted octanol–water partition coefficient (Wildman–Crippen LogP) is 1.71. The van der Waals surface area contributed by atoms with Gasteiger partial charge >= 0.3 is 0 Å². The smallest absolute Gasteiger partial charge is 0.267 e. The first kappa shape index (κ1) is 47.2. The maximum Gasteiger partial charge on any atom is 0.267 e. The summed E-state index contributed by atoms with van der Waals surface area (Å²) in [5.74, 6) is -2.56. The fourth-order valence-electron chi connectivity index (χ4n) is 5.33. The second-order valence-corrected chi connectivity index (χ2v) is 14.7. The van der Waals surface area contributed by atoms with Gasteiger partial charge < -0.3 is 45.4 Å². The largest absolute Gasteiger partial charge is 0.756 e. The summed E-state index contributed by atoms with van der Waals surface area (Å²) in [7, 11) is -3.41. The minimum Gasteiger partial charge on any atom is -0.756 e. The second-order valence-electron chi connectivity index (χ2n) is 13.2. The Hall–Kier alpha value is -3.85. The maximum absolute atomic E-state index is 13.7. The van der Waals surface area contributed by atoms with Gasteiger partial charge in [0, 0.05) is 46.0 Å². The topological polar surface area (TPSA) is 224 Å². The molecule has 1 aromatic rings. The maximum atomic E-state index is 13.7. The number of hydrogen-bond donors (Lipinski definition) is 5. The summed E-state index contributed by atoms with van der Waals surface area (Å²) in [6.07, 6.45) is 3.45. The van der Waals surface area contributed by atoms with E-state index in [1.165, 1.54) is 13.3 Å². The number of amides is 6. The van der Waals surface area contributed by atoms with E-state index in [0.29, 0.717) is 25.8 Å². The molecule has 0 bridgehead atoms. The molecule has 0 radical (unpaired) electrons. The molecule has 16 nitrogen and oxygen atoms in total. The van der Waals surface area contributed by atoms with E-state index in [-0.39, 0.29) is 63.1 Å². The van der Waals surface area contributed by atoms with Crippen molar-refractivity contribution in [3.63, 3.8) is 0 Å². The Balaban J connectivity index is 0.00000452. The normalized spacial score (nSPS) is 16.5. The van der Waals surface area contributed by atoms with Crippen LogP contribution in [0.2, 0.25) is 0 Å². The fourth-order valence-corrected chi connectivity index (χ4v) is 5.75. The van der Waals surface area contributed by atoms with Crippen LogP contribution in [0, 0.1) is 5.92 Å². The van der Waals surface area contributed by atoms with Crippen molar-refractivity contribution >= 4 is 43.3 Å². The highest BCUT2D eigenvalue weighted by Gasteiger charge is 2.36. The van der Waals surface area contributed by atoms with Crippen LogP contribution in [0.5, 0.6) is 0 Å². The van der Waals surface area contributed by atoms with Crippen LogP contribution in [0.3, 0.4) is 0 Å². The molecule has 1 aromatic carbocycles. The first-order valence-electron chi connectivity index (χ1n) is 18.4. The number of phosphoric ester groups is 1. The molecule has 300 valence electrons. The number of carbonyl (C=O) groups excluding carboxylic acids is 6. The zero-order valence-corrected chi connectivity index (χ0v) is 33.1. The lowest BCUT2D eigenvalue weighted by Gasteiger charge is -2.28. The SMILES string of the molecule is CCC.CCC(=O)N1CCC[C@H]1C(=O)N[C@@H](CC(C)C)C(=O)N[C@@H](Cc1ccccc1)C(=O)N[C@@H](C)C(=O)NCCCC(=O)NCCOP(=O)([O-])OC. The summed E-state index contributed by atoms with van der Waals surface area (Å²) >= 11 is 0. The Morgan fingerprint density at radius 2 is 1.55 bits per heavy atom. The molecule has 6 amide bonds. The molecule has 1 aliphatic heterocycles. The van der Waals surface area contributed by atoms with Gasteiger partial charge in [-0.3, -0.25) is 33.3 Å². The van der Waals surface area contributed by atoms with Crippen molar-refractivity contribution in [1.82, 2.24) is 31.5 Å². The summed E-state index contributed by atoms with van der Waals surface area (Å²) in [5.41, 5.74) is 0.764. The molecule has 1 unspecified atom stereocenters. The van der Waals surface area contributed by atoms with E-state index in [0.717, 1.165) is 12.7 Å². The number of rotatable bonds is 21. The van der Waals surface area contributed by atoms with E-state index in [9.17, 15) is 38.2 Å². The Labute approximate surface area is 313 Å². The van der Waals surface area contributed by atoms with Crippen LogP contribution in [-0.2, 0) is 48.8 Å². The number of nitrogens with zero attached hydrogens (tertiary/aromatic N) is 1. The average Bonchev–Trinajstić information content (AvgIpc) is 3.62. The third-order valence-corrected chi connectivity index (χ3v) is 8.91. The minimum atomic E-state index is -4.37.